The second kappa shape index (κ2) is 6.11. The van der Waals surface area contributed by atoms with Gasteiger partial charge in [0.15, 0.2) is 0 Å². The number of carbonyl (C=O) groups is 1. The van der Waals surface area contributed by atoms with Crippen molar-refractivity contribution in [3.05, 3.63) is 27.7 Å². The van der Waals surface area contributed by atoms with Crippen molar-refractivity contribution in [2.45, 2.75) is 6.42 Å². The number of carbonyl (C=O) groups excluding carboxylic acids is 1. The Morgan fingerprint density at radius 1 is 1.50 bits per heavy atom. The van der Waals surface area contributed by atoms with Crippen molar-refractivity contribution < 1.29 is 4.79 Å². The third-order valence-electron chi connectivity index (χ3n) is 2.08. The van der Waals surface area contributed by atoms with Crippen LogP contribution in [-0.4, -0.2) is 31.4 Å². The molecule has 0 bridgehead atoms. The van der Waals surface area contributed by atoms with Crippen LogP contribution < -0.4 is 5.32 Å². The predicted octanol–water partition coefficient (Wildman–Crippen LogP) is 2.99. The first-order valence-corrected chi connectivity index (χ1v) is 6.07. The third kappa shape index (κ3) is 4.02. The Bertz CT molecular complexity index is 382. The fourth-order valence-corrected chi connectivity index (χ4v) is 1.71. The highest BCUT2D eigenvalue weighted by molar-refractivity contribution is 9.10. The topological polar surface area (TPSA) is 32.3 Å². The van der Waals surface area contributed by atoms with E-state index in [0.29, 0.717) is 18.0 Å². The number of benzene rings is 1. The highest BCUT2D eigenvalue weighted by Crippen LogP contribution is 2.25. The van der Waals surface area contributed by atoms with Gasteiger partial charge in [0, 0.05) is 31.5 Å². The minimum absolute atomic E-state index is 0.0959. The summed E-state index contributed by atoms with van der Waals surface area (Å²) >= 11 is 9.36. The zero-order valence-electron chi connectivity index (χ0n) is 9.26. The average Bonchev–Trinajstić information content (AvgIpc) is 2.22. The lowest BCUT2D eigenvalue weighted by Crippen LogP contribution is -2.23. The van der Waals surface area contributed by atoms with E-state index in [1.165, 1.54) is 0 Å². The van der Waals surface area contributed by atoms with Crippen molar-refractivity contribution in [1.29, 1.82) is 0 Å². The number of anilines is 1. The molecule has 5 heteroatoms. The van der Waals surface area contributed by atoms with Crippen molar-refractivity contribution in [3.8, 4) is 0 Å². The quantitative estimate of drug-likeness (QED) is 0.927. The Morgan fingerprint density at radius 2 is 2.19 bits per heavy atom. The Kier molecular flexibility index (Phi) is 5.09. The standard InChI is InChI=1S/C11H14BrClN2O/c1-15(2)11(16)5-6-14-10-7-8(12)3-4-9(10)13/h3-4,7,14H,5-6H2,1-2H3. The van der Waals surface area contributed by atoms with E-state index in [2.05, 4.69) is 21.2 Å². The Hall–Kier alpha value is -0.740. The Labute approximate surface area is 109 Å². The van der Waals surface area contributed by atoms with Crippen molar-refractivity contribution in [1.82, 2.24) is 4.90 Å². The van der Waals surface area contributed by atoms with Crippen molar-refractivity contribution in [3.63, 3.8) is 0 Å². The van der Waals surface area contributed by atoms with Crippen LogP contribution in [0.5, 0.6) is 0 Å². The molecule has 0 spiro atoms. The van der Waals surface area contributed by atoms with E-state index in [4.69, 9.17) is 11.6 Å². The van der Waals surface area contributed by atoms with Crippen LogP contribution in [0.4, 0.5) is 5.69 Å². The molecule has 1 rings (SSSR count). The van der Waals surface area contributed by atoms with E-state index >= 15 is 0 Å². The molecule has 0 aromatic heterocycles. The lowest BCUT2D eigenvalue weighted by atomic mass is 10.3. The molecule has 3 nitrogen and oxygen atoms in total. The molecule has 0 aliphatic rings. The van der Waals surface area contributed by atoms with Gasteiger partial charge in [0.1, 0.15) is 0 Å². The van der Waals surface area contributed by atoms with Crippen molar-refractivity contribution in [2.24, 2.45) is 0 Å². The Balaban J connectivity index is 2.49. The highest BCUT2D eigenvalue weighted by Gasteiger charge is 2.04. The maximum absolute atomic E-state index is 11.3. The highest BCUT2D eigenvalue weighted by atomic mass is 79.9. The molecule has 1 N–H and O–H groups in total. The van der Waals surface area contributed by atoms with Crippen molar-refractivity contribution >= 4 is 39.1 Å². The number of rotatable bonds is 4. The largest absolute Gasteiger partial charge is 0.383 e. The number of hydrogen-bond acceptors (Lipinski definition) is 2. The van der Waals surface area contributed by atoms with Gasteiger partial charge in [-0.25, -0.2) is 0 Å². The molecule has 0 saturated carbocycles. The normalized spacial score (nSPS) is 10.0. The molecule has 0 unspecified atom stereocenters. The molecule has 1 amide bonds. The van der Waals surface area contributed by atoms with Crippen LogP contribution in [0.1, 0.15) is 6.42 Å². The zero-order valence-corrected chi connectivity index (χ0v) is 11.6. The van der Waals surface area contributed by atoms with E-state index in [0.717, 1.165) is 10.2 Å². The number of hydrogen-bond donors (Lipinski definition) is 1. The zero-order chi connectivity index (χ0) is 12.1. The summed E-state index contributed by atoms with van der Waals surface area (Å²) in [7, 11) is 3.49. The summed E-state index contributed by atoms with van der Waals surface area (Å²) in [4.78, 5) is 12.9. The molecule has 1 aromatic rings. The van der Waals surface area contributed by atoms with Gasteiger partial charge >= 0.3 is 0 Å². The molecule has 0 saturated heterocycles. The summed E-state index contributed by atoms with van der Waals surface area (Å²) in [6.45, 7) is 0.577. The van der Waals surface area contributed by atoms with E-state index in [9.17, 15) is 4.79 Å². The molecule has 16 heavy (non-hydrogen) atoms. The summed E-state index contributed by atoms with van der Waals surface area (Å²) < 4.78 is 0.957. The van der Waals surface area contributed by atoms with Gasteiger partial charge in [-0.15, -0.1) is 0 Å². The third-order valence-corrected chi connectivity index (χ3v) is 2.90. The van der Waals surface area contributed by atoms with Gasteiger partial charge in [0.05, 0.1) is 10.7 Å². The summed E-state index contributed by atoms with van der Waals surface area (Å²) in [5.41, 5.74) is 0.836. The monoisotopic (exact) mass is 304 g/mol. The second-order valence-corrected chi connectivity index (χ2v) is 4.91. The van der Waals surface area contributed by atoms with Gasteiger partial charge in [0.25, 0.3) is 0 Å². The SMILES string of the molecule is CN(C)C(=O)CCNc1cc(Br)ccc1Cl. The fourth-order valence-electron chi connectivity index (χ4n) is 1.16. The van der Waals surface area contributed by atoms with E-state index in [-0.39, 0.29) is 5.91 Å². The van der Waals surface area contributed by atoms with Gasteiger partial charge in [-0.05, 0) is 18.2 Å². The van der Waals surface area contributed by atoms with Crippen LogP contribution in [0.25, 0.3) is 0 Å². The van der Waals surface area contributed by atoms with Crippen LogP contribution in [0, 0.1) is 0 Å². The smallest absolute Gasteiger partial charge is 0.223 e. The van der Waals surface area contributed by atoms with Crippen LogP contribution in [0.3, 0.4) is 0 Å². The van der Waals surface area contributed by atoms with Gasteiger partial charge in [0.2, 0.25) is 5.91 Å². The number of nitrogens with zero attached hydrogens (tertiary/aromatic N) is 1. The maximum Gasteiger partial charge on any atom is 0.223 e. The lowest BCUT2D eigenvalue weighted by Gasteiger charge is -2.12. The first kappa shape index (κ1) is 13.3. The lowest BCUT2D eigenvalue weighted by molar-refractivity contribution is -0.128. The number of halogens is 2. The van der Waals surface area contributed by atoms with Gasteiger partial charge in [-0.1, -0.05) is 27.5 Å². The summed E-state index contributed by atoms with van der Waals surface area (Å²) in [6.07, 6.45) is 0.454. The molecule has 1 aromatic carbocycles. The van der Waals surface area contributed by atoms with Gasteiger partial charge < -0.3 is 10.2 Å². The van der Waals surface area contributed by atoms with E-state index in [1.807, 2.05) is 18.2 Å². The molecular formula is C11H14BrClN2O. The molecule has 0 heterocycles. The second-order valence-electron chi connectivity index (χ2n) is 3.59. The Morgan fingerprint density at radius 3 is 2.81 bits per heavy atom. The van der Waals surface area contributed by atoms with Crippen LogP contribution in [0.2, 0.25) is 5.02 Å². The number of nitrogens with one attached hydrogen (secondary N) is 1. The summed E-state index contributed by atoms with van der Waals surface area (Å²) in [6, 6.07) is 5.57. The van der Waals surface area contributed by atoms with E-state index < -0.39 is 0 Å². The minimum atomic E-state index is 0.0959. The summed E-state index contributed by atoms with van der Waals surface area (Å²) in [5, 5.41) is 3.78. The minimum Gasteiger partial charge on any atom is -0.383 e. The molecule has 0 aliphatic carbocycles. The van der Waals surface area contributed by atoms with E-state index in [1.54, 1.807) is 19.0 Å². The summed E-state index contributed by atoms with van der Waals surface area (Å²) in [5.74, 6) is 0.0959. The number of amides is 1. The molecular weight excluding hydrogens is 291 g/mol. The van der Waals surface area contributed by atoms with Crippen LogP contribution >= 0.6 is 27.5 Å². The van der Waals surface area contributed by atoms with Gasteiger partial charge in [-0.3, -0.25) is 4.79 Å². The molecule has 88 valence electrons. The first-order chi connectivity index (χ1) is 7.50. The molecule has 0 radical (unpaired) electrons. The van der Waals surface area contributed by atoms with Crippen LogP contribution in [0.15, 0.2) is 22.7 Å². The predicted molar refractivity (Wildman–Crippen MR) is 71.0 cm³/mol. The molecule has 0 fully saturated rings. The first-order valence-electron chi connectivity index (χ1n) is 4.90. The van der Waals surface area contributed by atoms with Crippen LogP contribution in [-0.2, 0) is 4.79 Å². The van der Waals surface area contributed by atoms with Crippen molar-refractivity contribution in [2.75, 3.05) is 26.0 Å². The van der Waals surface area contributed by atoms with Gasteiger partial charge in [-0.2, -0.15) is 0 Å². The fraction of sp³-hybridized carbons (Fsp3) is 0.364. The molecule has 0 atom stereocenters. The maximum atomic E-state index is 11.3. The molecule has 0 aliphatic heterocycles. The average molecular weight is 306 g/mol.